The van der Waals surface area contributed by atoms with Crippen LogP contribution in [0.25, 0.3) is 0 Å². The van der Waals surface area contributed by atoms with Crippen molar-refractivity contribution in [3.8, 4) is 0 Å². The Hall–Kier alpha value is -0.160. The Morgan fingerprint density at radius 3 is 2.32 bits per heavy atom. The predicted octanol–water partition coefficient (Wildman–Crippen LogP) is 0.449. The number of likely N-dealkylation sites (N-methyl/N-ethyl adjacent to an activating group) is 2. The number of fused-ring (bicyclic) bond motifs is 2. The van der Waals surface area contributed by atoms with Crippen molar-refractivity contribution in [1.82, 2.24) is 20.0 Å². The van der Waals surface area contributed by atoms with Crippen LogP contribution in [0.3, 0.4) is 0 Å². The van der Waals surface area contributed by atoms with Gasteiger partial charge in [0.25, 0.3) is 0 Å². The third-order valence-corrected chi connectivity index (χ3v) is 5.44. The van der Waals surface area contributed by atoms with Crippen molar-refractivity contribution in [2.45, 2.75) is 43.8 Å². The van der Waals surface area contributed by atoms with Crippen molar-refractivity contribution < 1.29 is 0 Å². The van der Waals surface area contributed by atoms with E-state index in [0.717, 1.165) is 18.1 Å². The quantitative estimate of drug-likeness (QED) is 0.797. The van der Waals surface area contributed by atoms with Crippen LogP contribution in [-0.4, -0.2) is 86.2 Å². The number of hydrogen-bond acceptors (Lipinski definition) is 4. The van der Waals surface area contributed by atoms with Gasteiger partial charge in [-0.1, -0.05) is 0 Å². The maximum atomic E-state index is 3.74. The molecule has 0 amide bonds. The molecule has 2 unspecified atom stereocenters. The van der Waals surface area contributed by atoms with Gasteiger partial charge in [0.2, 0.25) is 0 Å². The van der Waals surface area contributed by atoms with Gasteiger partial charge in [0.15, 0.2) is 0 Å². The summed E-state index contributed by atoms with van der Waals surface area (Å²) in [5.41, 5.74) is 0. The molecule has 4 heteroatoms. The minimum atomic E-state index is 0.815. The molecule has 0 aromatic carbocycles. The highest BCUT2D eigenvalue weighted by Crippen LogP contribution is 2.29. The van der Waals surface area contributed by atoms with Crippen LogP contribution in [0.4, 0.5) is 0 Å². The number of nitrogens with zero attached hydrogens (tertiary/aromatic N) is 3. The van der Waals surface area contributed by atoms with Gasteiger partial charge in [0.1, 0.15) is 0 Å². The van der Waals surface area contributed by atoms with Crippen molar-refractivity contribution in [2.75, 3.05) is 53.4 Å². The lowest BCUT2D eigenvalue weighted by molar-refractivity contribution is 0.117. The number of rotatable bonds is 4. The van der Waals surface area contributed by atoms with Crippen LogP contribution in [0.15, 0.2) is 0 Å². The molecule has 0 saturated carbocycles. The third-order valence-electron chi connectivity index (χ3n) is 5.44. The molecular formula is C15H30N4. The Balaban J connectivity index is 1.40. The molecule has 4 nitrogen and oxygen atoms in total. The van der Waals surface area contributed by atoms with Crippen LogP contribution in [0, 0.1) is 0 Å². The highest BCUT2D eigenvalue weighted by atomic mass is 15.3. The second-order valence-electron chi connectivity index (χ2n) is 6.89. The average molecular weight is 266 g/mol. The Kier molecular flexibility index (Phi) is 4.42. The molecular weight excluding hydrogens is 236 g/mol. The van der Waals surface area contributed by atoms with Crippen LogP contribution < -0.4 is 5.32 Å². The largest absolute Gasteiger partial charge is 0.311 e. The van der Waals surface area contributed by atoms with Crippen molar-refractivity contribution in [1.29, 1.82) is 0 Å². The first-order chi connectivity index (χ1) is 9.20. The van der Waals surface area contributed by atoms with Crippen molar-refractivity contribution in [2.24, 2.45) is 0 Å². The van der Waals surface area contributed by atoms with E-state index in [1.165, 1.54) is 65.0 Å². The van der Waals surface area contributed by atoms with E-state index in [0.29, 0.717) is 0 Å². The first-order valence-corrected chi connectivity index (χ1v) is 8.08. The molecule has 3 heterocycles. The molecule has 19 heavy (non-hydrogen) atoms. The minimum Gasteiger partial charge on any atom is -0.311 e. The van der Waals surface area contributed by atoms with E-state index in [1.807, 2.05) is 0 Å². The van der Waals surface area contributed by atoms with Gasteiger partial charge in [0, 0.05) is 57.4 Å². The fourth-order valence-corrected chi connectivity index (χ4v) is 3.94. The Bertz CT molecular complexity index is 276. The van der Waals surface area contributed by atoms with Crippen LogP contribution in [0.5, 0.6) is 0 Å². The van der Waals surface area contributed by atoms with Crippen molar-refractivity contribution in [3.05, 3.63) is 0 Å². The van der Waals surface area contributed by atoms with Crippen LogP contribution in [-0.2, 0) is 0 Å². The van der Waals surface area contributed by atoms with E-state index < -0.39 is 0 Å². The summed E-state index contributed by atoms with van der Waals surface area (Å²) >= 11 is 0. The maximum Gasteiger partial charge on any atom is 0.0122 e. The lowest BCUT2D eigenvalue weighted by Gasteiger charge is -2.38. The summed E-state index contributed by atoms with van der Waals surface area (Å²) in [6.45, 7) is 7.48. The van der Waals surface area contributed by atoms with Crippen molar-refractivity contribution >= 4 is 0 Å². The van der Waals surface area contributed by atoms with E-state index in [1.54, 1.807) is 0 Å². The molecule has 3 rings (SSSR count). The smallest absolute Gasteiger partial charge is 0.0122 e. The Morgan fingerprint density at radius 2 is 1.68 bits per heavy atom. The zero-order valence-corrected chi connectivity index (χ0v) is 12.6. The fourth-order valence-electron chi connectivity index (χ4n) is 3.94. The molecule has 3 aliphatic heterocycles. The monoisotopic (exact) mass is 266 g/mol. The van der Waals surface area contributed by atoms with Gasteiger partial charge in [-0.2, -0.15) is 0 Å². The summed E-state index contributed by atoms with van der Waals surface area (Å²) in [4.78, 5) is 7.70. The van der Waals surface area contributed by atoms with E-state index in [9.17, 15) is 0 Å². The summed E-state index contributed by atoms with van der Waals surface area (Å²) in [6, 6.07) is 2.45. The van der Waals surface area contributed by atoms with Crippen LogP contribution in [0.2, 0.25) is 0 Å². The number of hydrogen-bond donors (Lipinski definition) is 1. The fraction of sp³-hybridized carbons (Fsp3) is 1.00. The van der Waals surface area contributed by atoms with E-state index in [-0.39, 0.29) is 0 Å². The third kappa shape index (κ3) is 3.48. The highest BCUT2D eigenvalue weighted by molar-refractivity contribution is 4.95. The summed E-state index contributed by atoms with van der Waals surface area (Å²) in [5, 5.41) is 3.74. The second-order valence-corrected chi connectivity index (χ2v) is 6.89. The lowest BCUT2D eigenvalue weighted by atomic mass is 9.98. The zero-order chi connectivity index (χ0) is 13.2. The molecule has 0 aromatic heterocycles. The normalized spacial score (nSPS) is 37.1. The SMILES string of the molecule is CN1CCN(CCN(C)C2CC3CCC(C2)N3)CC1. The molecule has 3 saturated heterocycles. The second kappa shape index (κ2) is 6.08. The van der Waals surface area contributed by atoms with Gasteiger partial charge >= 0.3 is 0 Å². The Labute approximate surface area is 118 Å². The molecule has 1 N–H and O–H groups in total. The molecule has 0 radical (unpaired) electrons. The van der Waals surface area contributed by atoms with E-state index in [4.69, 9.17) is 0 Å². The zero-order valence-electron chi connectivity index (χ0n) is 12.6. The standard InChI is InChI=1S/C15H30N4/c1-17-5-8-19(9-6-17)10-7-18(2)15-11-13-3-4-14(12-15)16-13/h13-16H,3-12H2,1-2H3. The van der Waals surface area contributed by atoms with Gasteiger partial charge < -0.3 is 15.1 Å². The summed E-state index contributed by atoms with van der Waals surface area (Å²) < 4.78 is 0. The van der Waals surface area contributed by atoms with Gasteiger partial charge in [-0.05, 0) is 39.8 Å². The first-order valence-electron chi connectivity index (χ1n) is 8.08. The molecule has 3 fully saturated rings. The van der Waals surface area contributed by atoms with E-state index >= 15 is 0 Å². The lowest BCUT2D eigenvalue weighted by Crippen LogP contribution is -2.50. The highest BCUT2D eigenvalue weighted by Gasteiger charge is 2.34. The molecule has 2 atom stereocenters. The minimum absolute atomic E-state index is 0.815. The van der Waals surface area contributed by atoms with Gasteiger partial charge in [-0.25, -0.2) is 0 Å². The van der Waals surface area contributed by atoms with E-state index in [2.05, 4.69) is 34.1 Å². The number of nitrogens with one attached hydrogen (secondary N) is 1. The predicted molar refractivity (Wildman–Crippen MR) is 79.5 cm³/mol. The van der Waals surface area contributed by atoms with Gasteiger partial charge in [-0.3, -0.25) is 4.90 Å². The number of piperazine rings is 1. The van der Waals surface area contributed by atoms with Crippen LogP contribution >= 0.6 is 0 Å². The van der Waals surface area contributed by atoms with Gasteiger partial charge in [-0.15, -0.1) is 0 Å². The maximum absolute atomic E-state index is 3.74. The molecule has 2 bridgehead atoms. The average Bonchev–Trinajstić information content (AvgIpc) is 2.76. The molecule has 0 aliphatic carbocycles. The molecule has 3 aliphatic rings. The first kappa shape index (κ1) is 13.8. The topological polar surface area (TPSA) is 21.8 Å². The molecule has 110 valence electrons. The summed E-state index contributed by atoms with van der Waals surface area (Å²) in [5.74, 6) is 0. The summed E-state index contributed by atoms with van der Waals surface area (Å²) in [7, 11) is 4.57. The number of piperidine rings is 1. The van der Waals surface area contributed by atoms with Crippen LogP contribution in [0.1, 0.15) is 25.7 Å². The summed E-state index contributed by atoms with van der Waals surface area (Å²) in [6.07, 6.45) is 5.56. The van der Waals surface area contributed by atoms with Crippen molar-refractivity contribution in [3.63, 3.8) is 0 Å². The Morgan fingerprint density at radius 1 is 1.05 bits per heavy atom. The molecule has 0 spiro atoms. The molecule has 0 aromatic rings. The van der Waals surface area contributed by atoms with Gasteiger partial charge in [0.05, 0.1) is 0 Å².